The molecule has 2 rings (SSSR count). The Hall–Kier alpha value is -2.24. The Morgan fingerprint density at radius 1 is 1.53 bits per heavy atom. The van der Waals surface area contributed by atoms with Crippen molar-refractivity contribution in [2.45, 2.75) is 12.8 Å². The summed E-state index contributed by atoms with van der Waals surface area (Å²) >= 11 is 0. The van der Waals surface area contributed by atoms with E-state index < -0.39 is 5.41 Å². The first-order valence-corrected chi connectivity index (χ1v) is 5.95. The minimum atomic E-state index is -0.841. The molecule has 1 aliphatic carbocycles. The normalized spacial score (nSPS) is 16.8. The summed E-state index contributed by atoms with van der Waals surface area (Å²) in [6.07, 6.45) is 1.21. The molecule has 1 amide bonds. The summed E-state index contributed by atoms with van der Waals surface area (Å²) in [6.45, 7) is 0. The quantitative estimate of drug-likeness (QED) is 0.369. The summed E-state index contributed by atoms with van der Waals surface area (Å²) in [6, 6.07) is 7.18. The Morgan fingerprint density at radius 2 is 2.21 bits per heavy atom. The molecule has 1 aromatic rings. The molecule has 1 saturated carbocycles. The molecule has 0 aliphatic heterocycles. The van der Waals surface area contributed by atoms with Gasteiger partial charge in [-0.3, -0.25) is 4.79 Å². The minimum absolute atomic E-state index is 0.0211. The van der Waals surface area contributed by atoms with Crippen LogP contribution in [0.5, 0.6) is 5.75 Å². The summed E-state index contributed by atoms with van der Waals surface area (Å²) in [5.74, 6) is 0.481. The Labute approximate surface area is 111 Å². The van der Waals surface area contributed by atoms with Gasteiger partial charge in [-0.25, -0.2) is 0 Å². The number of carbonyl (C=O) groups is 1. The molecule has 0 atom stereocenters. The van der Waals surface area contributed by atoms with E-state index in [1.54, 1.807) is 32.4 Å². The number of nitrogens with zero attached hydrogens (tertiary/aromatic N) is 2. The van der Waals surface area contributed by atoms with Crippen LogP contribution in [0, 0.1) is 5.41 Å². The Bertz CT molecular complexity index is 524. The van der Waals surface area contributed by atoms with Crippen molar-refractivity contribution in [2.24, 2.45) is 16.3 Å². The molecule has 102 valence electrons. The van der Waals surface area contributed by atoms with Crippen molar-refractivity contribution in [3.05, 3.63) is 24.3 Å². The molecular weight excluding hydrogens is 246 g/mol. The van der Waals surface area contributed by atoms with Crippen molar-refractivity contribution in [1.82, 2.24) is 0 Å². The van der Waals surface area contributed by atoms with Gasteiger partial charge in [-0.2, -0.15) is 0 Å². The lowest BCUT2D eigenvalue weighted by Gasteiger charge is -2.23. The van der Waals surface area contributed by atoms with Gasteiger partial charge in [0.2, 0.25) is 5.91 Å². The lowest BCUT2D eigenvalue weighted by molar-refractivity contribution is -0.121. The number of carbonyl (C=O) groups excluding carboxylic acids is 1. The zero-order chi connectivity index (χ0) is 14.0. The summed E-state index contributed by atoms with van der Waals surface area (Å²) < 4.78 is 5.13. The number of methoxy groups -OCH3 is 1. The number of hydrogen-bond donors (Lipinski definition) is 2. The van der Waals surface area contributed by atoms with Crippen LogP contribution in [-0.4, -0.2) is 31.1 Å². The number of oxime groups is 1. The van der Waals surface area contributed by atoms with E-state index in [0.717, 1.165) is 0 Å². The SMILES string of the molecule is COc1cccc(N(C)C(=O)C2(/C(N)=N/O)CC2)c1. The van der Waals surface area contributed by atoms with Gasteiger partial charge in [0, 0.05) is 18.8 Å². The summed E-state index contributed by atoms with van der Waals surface area (Å²) in [7, 11) is 3.24. The third kappa shape index (κ3) is 2.21. The van der Waals surface area contributed by atoms with Gasteiger partial charge in [0.25, 0.3) is 0 Å². The van der Waals surface area contributed by atoms with E-state index in [9.17, 15) is 4.79 Å². The molecule has 1 aromatic carbocycles. The molecule has 1 fully saturated rings. The molecule has 1 aliphatic rings. The van der Waals surface area contributed by atoms with Crippen molar-refractivity contribution >= 4 is 17.4 Å². The van der Waals surface area contributed by atoms with Crippen molar-refractivity contribution in [3.8, 4) is 5.75 Å². The molecule has 0 saturated heterocycles. The zero-order valence-electron chi connectivity index (χ0n) is 11.0. The van der Waals surface area contributed by atoms with Gasteiger partial charge in [0.15, 0.2) is 5.84 Å². The zero-order valence-corrected chi connectivity index (χ0v) is 11.0. The van der Waals surface area contributed by atoms with Crippen LogP contribution in [0.1, 0.15) is 12.8 Å². The number of rotatable bonds is 4. The van der Waals surface area contributed by atoms with Crippen LogP contribution in [0.3, 0.4) is 0 Å². The molecule has 19 heavy (non-hydrogen) atoms. The van der Waals surface area contributed by atoms with Crippen LogP contribution in [0.25, 0.3) is 0 Å². The fourth-order valence-electron chi connectivity index (χ4n) is 2.06. The van der Waals surface area contributed by atoms with Gasteiger partial charge < -0.3 is 20.6 Å². The second kappa shape index (κ2) is 4.79. The third-order valence-electron chi connectivity index (χ3n) is 3.50. The van der Waals surface area contributed by atoms with Gasteiger partial charge in [-0.15, -0.1) is 0 Å². The fourth-order valence-corrected chi connectivity index (χ4v) is 2.06. The first kappa shape index (κ1) is 13.2. The van der Waals surface area contributed by atoms with Crippen LogP contribution in [0.4, 0.5) is 5.69 Å². The van der Waals surface area contributed by atoms with Gasteiger partial charge in [0.1, 0.15) is 11.2 Å². The summed E-state index contributed by atoms with van der Waals surface area (Å²) in [5, 5.41) is 11.7. The lowest BCUT2D eigenvalue weighted by atomic mass is 10.0. The van der Waals surface area contributed by atoms with Crippen LogP contribution in [-0.2, 0) is 4.79 Å². The highest BCUT2D eigenvalue weighted by Gasteiger charge is 2.55. The Balaban J connectivity index is 2.24. The average molecular weight is 263 g/mol. The number of hydrogen-bond acceptors (Lipinski definition) is 4. The maximum Gasteiger partial charge on any atom is 0.240 e. The number of benzene rings is 1. The van der Waals surface area contributed by atoms with E-state index >= 15 is 0 Å². The third-order valence-corrected chi connectivity index (χ3v) is 3.50. The van der Waals surface area contributed by atoms with Crippen LogP contribution in [0.2, 0.25) is 0 Å². The number of nitrogens with two attached hydrogens (primary N) is 1. The number of ether oxygens (including phenoxy) is 1. The summed E-state index contributed by atoms with van der Waals surface area (Å²) in [4.78, 5) is 13.9. The number of anilines is 1. The first-order chi connectivity index (χ1) is 9.05. The fraction of sp³-hybridized carbons (Fsp3) is 0.385. The molecule has 0 spiro atoms. The largest absolute Gasteiger partial charge is 0.497 e. The van der Waals surface area contributed by atoms with Crippen LogP contribution >= 0.6 is 0 Å². The second-order valence-electron chi connectivity index (χ2n) is 4.63. The van der Waals surface area contributed by atoms with E-state index in [1.807, 2.05) is 6.07 Å². The van der Waals surface area contributed by atoms with Gasteiger partial charge in [-0.1, -0.05) is 11.2 Å². The predicted octanol–water partition coefficient (Wildman–Crippen LogP) is 1.18. The molecule has 0 heterocycles. The topological polar surface area (TPSA) is 88.2 Å². The smallest absolute Gasteiger partial charge is 0.240 e. The Kier molecular flexibility index (Phi) is 3.33. The molecule has 0 aromatic heterocycles. The standard InChI is InChI=1S/C13H17N3O3/c1-16(9-4-3-5-10(8-9)19-2)12(17)13(6-7-13)11(14)15-18/h3-5,8,18H,6-7H2,1-2H3,(H2,14,15). The van der Waals surface area contributed by atoms with Crippen molar-refractivity contribution in [1.29, 1.82) is 0 Å². The lowest BCUT2D eigenvalue weighted by Crippen LogP contribution is -2.41. The summed E-state index contributed by atoms with van der Waals surface area (Å²) in [5.41, 5.74) is 5.48. The van der Waals surface area contributed by atoms with E-state index in [1.165, 1.54) is 4.90 Å². The maximum absolute atomic E-state index is 12.4. The highest BCUT2D eigenvalue weighted by atomic mass is 16.5. The Morgan fingerprint density at radius 3 is 2.74 bits per heavy atom. The molecular formula is C13H17N3O3. The second-order valence-corrected chi connectivity index (χ2v) is 4.63. The van der Waals surface area contributed by atoms with E-state index in [4.69, 9.17) is 15.7 Å². The molecule has 6 nitrogen and oxygen atoms in total. The highest BCUT2D eigenvalue weighted by molar-refractivity contribution is 6.15. The molecule has 6 heteroatoms. The van der Waals surface area contributed by atoms with E-state index in [0.29, 0.717) is 24.3 Å². The van der Waals surface area contributed by atoms with Gasteiger partial charge >= 0.3 is 0 Å². The molecule has 3 N–H and O–H groups in total. The van der Waals surface area contributed by atoms with E-state index in [-0.39, 0.29) is 11.7 Å². The minimum Gasteiger partial charge on any atom is -0.497 e. The maximum atomic E-state index is 12.4. The number of amides is 1. The van der Waals surface area contributed by atoms with Gasteiger partial charge in [0.05, 0.1) is 7.11 Å². The highest BCUT2D eigenvalue weighted by Crippen LogP contribution is 2.47. The van der Waals surface area contributed by atoms with Crippen molar-refractivity contribution in [3.63, 3.8) is 0 Å². The average Bonchev–Trinajstić information content (AvgIpc) is 3.26. The monoisotopic (exact) mass is 263 g/mol. The first-order valence-electron chi connectivity index (χ1n) is 5.95. The van der Waals surface area contributed by atoms with E-state index in [2.05, 4.69) is 5.16 Å². The van der Waals surface area contributed by atoms with Crippen molar-refractivity contribution < 1.29 is 14.7 Å². The molecule has 0 radical (unpaired) electrons. The predicted molar refractivity (Wildman–Crippen MR) is 71.5 cm³/mol. The van der Waals surface area contributed by atoms with Gasteiger partial charge in [-0.05, 0) is 25.0 Å². The van der Waals surface area contributed by atoms with Crippen LogP contribution < -0.4 is 15.4 Å². The number of amidine groups is 1. The van der Waals surface area contributed by atoms with Crippen molar-refractivity contribution in [2.75, 3.05) is 19.1 Å². The van der Waals surface area contributed by atoms with Crippen LogP contribution in [0.15, 0.2) is 29.4 Å². The molecule has 0 unspecified atom stereocenters. The molecule has 0 bridgehead atoms.